The second-order valence-corrected chi connectivity index (χ2v) is 8.02. The molecule has 2 atom stereocenters. The van der Waals surface area contributed by atoms with E-state index in [2.05, 4.69) is 27.8 Å². The summed E-state index contributed by atoms with van der Waals surface area (Å²) >= 11 is 1.70. The maximum absolute atomic E-state index is 12.8. The molecule has 1 aromatic carbocycles. The van der Waals surface area contributed by atoms with Gasteiger partial charge in [-0.15, -0.1) is 11.3 Å². The van der Waals surface area contributed by atoms with E-state index >= 15 is 0 Å². The zero-order chi connectivity index (χ0) is 20.8. The molecule has 1 amide bonds. The predicted molar refractivity (Wildman–Crippen MR) is 117 cm³/mol. The highest BCUT2D eigenvalue weighted by Crippen LogP contribution is 2.38. The third-order valence-electron chi connectivity index (χ3n) is 4.97. The Bertz CT molecular complexity index is 1020. The highest BCUT2D eigenvalue weighted by Gasteiger charge is 2.30. The molecule has 3 aromatic rings. The summed E-state index contributed by atoms with van der Waals surface area (Å²) in [5, 5.41) is 15.1. The van der Waals surface area contributed by atoms with Crippen molar-refractivity contribution < 1.29 is 19.4 Å². The molecule has 0 spiro atoms. The number of hydrogen-bond acceptors (Lipinski definition) is 6. The standard InChI is InChI=1S/C23H24N2O4S/c26-10-3-4-11-28-22-13-16(19-15-30-21-8-2-1-7-18(19)21)12-20(29-22)23(27)25-17-6-5-9-24-14-17/h1-2,5-9,12,14-16,22,26H,3-4,10-11,13H2,(H,25,27)/t16-,22+/m0/s1. The lowest BCUT2D eigenvalue weighted by Crippen LogP contribution is -2.29. The SMILES string of the molecule is O=C(Nc1cccnc1)C1=C[C@H](c2csc3ccccc23)C[C@H](OCCCCO)O1. The average molecular weight is 425 g/mol. The third-order valence-corrected chi connectivity index (χ3v) is 5.95. The zero-order valence-corrected chi connectivity index (χ0v) is 17.3. The first-order valence-corrected chi connectivity index (χ1v) is 10.9. The molecule has 1 aliphatic rings. The Balaban J connectivity index is 1.57. The van der Waals surface area contributed by atoms with Gasteiger partial charge < -0.3 is 19.9 Å². The molecule has 0 unspecified atom stereocenters. The van der Waals surface area contributed by atoms with Gasteiger partial charge in [-0.05, 0) is 53.4 Å². The van der Waals surface area contributed by atoms with Crippen molar-refractivity contribution in [2.24, 2.45) is 0 Å². The van der Waals surface area contributed by atoms with Gasteiger partial charge in [0.25, 0.3) is 5.91 Å². The largest absolute Gasteiger partial charge is 0.459 e. The first-order valence-electron chi connectivity index (χ1n) is 10.0. The van der Waals surface area contributed by atoms with Crippen molar-refractivity contribution in [1.29, 1.82) is 0 Å². The number of carbonyl (C=O) groups is 1. The lowest BCUT2D eigenvalue weighted by molar-refractivity contribution is -0.143. The van der Waals surface area contributed by atoms with Gasteiger partial charge in [0, 0.05) is 29.8 Å². The van der Waals surface area contributed by atoms with Crippen molar-refractivity contribution >= 4 is 33.0 Å². The number of benzene rings is 1. The van der Waals surface area contributed by atoms with Crippen molar-refractivity contribution in [3.8, 4) is 0 Å². The Kier molecular flexibility index (Phi) is 6.74. The van der Waals surface area contributed by atoms with Crippen LogP contribution in [0.25, 0.3) is 10.1 Å². The van der Waals surface area contributed by atoms with Crippen molar-refractivity contribution in [3.05, 3.63) is 71.6 Å². The Morgan fingerprint density at radius 3 is 3.00 bits per heavy atom. The Labute approximate surface area is 179 Å². The van der Waals surface area contributed by atoms with Gasteiger partial charge in [0.1, 0.15) is 0 Å². The first-order chi connectivity index (χ1) is 14.7. The van der Waals surface area contributed by atoms with E-state index in [-0.39, 0.29) is 24.2 Å². The number of rotatable bonds is 8. The van der Waals surface area contributed by atoms with Gasteiger partial charge in [-0.1, -0.05) is 18.2 Å². The summed E-state index contributed by atoms with van der Waals surface area (Å²) in [6.45, 7) is 0.608. The number of hydrogen-bond donors (Lipinski definition) is 2. The average Bonchev–Trinajstić information content (AvgIpc) is 3.21. The van der Waals surface area contributed by atoms with Crippen LogP contribution in [0.5, 0.6) is 0 Å². The first kappa shape index (κ1) is 20.5. The van der Waals surface area contributed by atoms with E-state index in [1.165, 1.54) is 15.6 Å². The molecule has 7 heteroatoms. The molecule has 4 rings (SSSR count). The Morgan fingerprint density at radius 2 is 2.17 bits per heavy atom. The summed E-state index contributed by atoms with van der Waals surface area (Å²) in [5.41, 5.74) is 1.78. The molecule has 30 heavy (non-hydrogen) atoms. The van der Waals surface area contributed by atoms with Crippen molar-refractivity contribution in [2.45, 2.75) is 31.5 Å². The summed E-state index contributed by atoms with van der Waals surface area (Å²) in [6.07, 6.45) is 6.65. The van der Waals surface area contributed by atoms with E-state index in [0.717, 1.165) is 6.42 Å². The number of aliphatic hydroxyl groups excluding tert-OH is 1. The monoisotopic (exact) mass is 424 g/mol. The number of anilines is 1. The molecule has 3 heterocycles. The van der Waals surface area contributed by atoms with Crippen LogP contribution in [-0.4, -0.2) is 35.5 Å². The van der Waals surface area contributed by atoms with Gasteiger partial charge in [0.05, 0.1) is 18.5 Å². The van der Waals surface area contributed by atoms with Crippen molar-refractivity contribution in [3.63, 3.8) is 0 Å². The second-order valence-electron chi connectivity index (χ2n) is 7.11. The Morgan fingerprint density at radius 1 is 1.27 bits per heavy atom. The summed E-state index contributed by atoms with van der Waals surface area (Å²) in [6, 6.07) is 11.8. The number of thiophene rings is 1. The lowest BCUT2D eigenvalue weighted by atomic mass is 9.92. The van der Waals surface area contributed by atoms with Gasteiger partial charge in [-0.2, -0.15) is 0 Å². The van der Waals surface area contributed by atoms with Crippen LogP contribution in [0.2, 0.25) is 0 Å². The highest BCUT2D eigenvalue weighted by atomic mass is 32.1. The molecule has 0 bridgehead atoms. The highest BCUT2D eigenvalue weighted by molar-refractivity contribution is 7.17. The van der Waals surface area contributed by atoms with E-state index in [1.54, 1.807) is 35.9 Å². The van der Waals surface area contributed by atoms with Gasteiger partial charge in [-0.3, -0.25) is 9.78 Å². The van der Waals surface area contributed by atoms with E-state index in [9.17, 15) is 4.79 Å². The number of carbonyl (C=O) groups excluding carboxylic acids is 1. The fourth-order valence-electron chi connectivity index (χ4n) is 3.48. The minimum absolute atomic E-state index is 0.00684. The van der Waals surface area contributed by atoms with Crippen LogP contribution in [-0.2, 0) is 14.3 Å². The topological polar surface area (TPSA) is 80.7 Å². The van der Waals surface area contributed by atoms with Crippen LogP contribution in [0.3, 0.4) is 0 Å². The van der Waals surface area contributed by atoms with Gasteiger partial charge >= 0.3 is 0 Å². The molecule has 2 aromatic heterocycles. The maximum atomic E-state index is 12.8. The van der Waals surface area contributed by atoms with E-state index in [4.69, 9.17) is 14.6 Å². The maximum Gasteiger partial charge on any atom is 0.290 e. The van der Waals surface area contributed by atoms with E-state index < -0.39 is 6.29 Å². The number of aliphatic hydroxyl groups is 1. The smallest absolute Gasteiger partial charge is 0.290 e. The molecule has 0 saturated carbocycles. The fraction of sp³-hybridized carbons (Fsp3) is 0.304. The van der Waals surface area contributed by atoms with Crippen molar-refractivity contribution in [2.75, 3.05) is 18.5 Å². The number of pyridine rings is 1. The zero-order valence-electron chi connectivity index (χ0n) is 16.5. The minimum Gasteiger partial charge on any atom is -0.459 e. The normalized spacial score (nSPS) is 18.6. The van der Waals surface area contributed by atoms with Crippen LogP contribution in [0, 0.1) is 0 Å². The molecule has 0 fully saturated rings. The van der Waals surface area contributed by atoms with Crippen LogP contribution in [0.15, 0.2) is 66.0 Å². The predicted octanol–water partition coefficient (Wildman–Crippen LogP) is 4.44. The molecule has 1 aliphatic heterocycles. The quantitative estimate of drug-likeness (QED) is 0.523. The third kappa shape index (κ3) is 4.87. The second kappa shape index (κ2) is 9.84. The van der Waals surface area contributed by atoms with Crippen LogP contribution >= 0.6 is 11.3 Å². The summed E-state index contributed by atoms with van der Waals surface area (Å²) in [7, 11) is 0. The number of aromatic nitrogens is 1. The number of allylic oxidation sites excluding steroid dienone is 1. The molecule has 156 valence electrons. The molecular weight excluding hydrogens is 400 g/mol. The molecule has 6 nitrogen and oxygen atoms in total. The van der Waals surface area contributed by atoms with Crippen LogP contribution in [0.4, 0.5) is 5.69 Å². The van der Waals surface area contributed by atoms with Gasteiger partial charge in [0.15, 0.2) is 5.76 Å². The molecular formula is C23H24N2O4S. The molecule has 2 N–H and O–H groups in total. The lowest BCUT2D eigenvalue weighted by Gasteiger charge is -2.29. The number of nitrogens with one attached hydrogen (secondary N) is 1. The van der Waals surface area contributed by atoms with Gasteiger partial charge in [0.2, 0.25) is 6.29 Å². The molecule has 0 aliphatic carbocycles. The minimum atomic E-state index is -0.521. The summed E-state index contributed by atoms with van der Waals surface area (Å²) in [5.74, 6) is -0.0684. The number of amides is 1. The van der Waals surface area contributed by atoms with Crippen molar-refractivity contribution in [1.82, 2.24) is 4.98 Å². The number of ether oxygens (including phenoxy) is 2. The molecule has 0 saturated heterocycles. The summed E-state index contributed by atoms with van der Waals surface area (Å²) in [4.78, 5) is 16.9. The van der Waals surface area contributed by atoms with Crippen LogP contribution < -0.4 is 5.32 Å². The Hall–Kier alpha value is -2.74. The van der Waals surface area contributed by atoms with Gasteiger partial charge in [-0.25, -0.2) is 0 Å². The van der Waals surface area contributed by atoms with E-state index in [1.807, 2.05) is 18.2 Å². The number of unbranched alkanes of at least 4 members (excludes halogenated alkanes) is 1. The summed E-state index contributed by atoms with van der Waals surface area (Å²) < 4.78 is 13.0. The van der Waals surface area contributed by atoms with Crippen LogP contribution in [0.1, 0.15) is 30.7 Å². The number of fused-ring (bicyclic) bond motifs is 1. The van der Waals surface area contributed by atoms with E-state index in [0.29, 0.717) is 25.1 Å². The molecule has 0 radical (unpaired) electrons. The number of nitrogens with zero attached hydrogens (tertiary/aromatic N) is 1. The fourth-order valence-corrected chi connectivity index (χ4v) is 4.50.